The molecule has 130 valence electrons. The molecule has 3 amide bonds. The van der Waals surface area contributed by atoms with Gasteiger partial charge in [0.2, 0.25) is 11.8 Å². The number of methoxy groups -OCH3 is 1. The van der Waals surface area contributed by atoms with Crippen LogP contribution in [0, 0.1) is 0 Å². The lowest BCUT2D eigenvalue weighted by Crippen LogP contribution is -2.51. The number of imide groups is 1. The first kappa shape index (κ1) is 17.3. The highest BCUT2D eigenvalue weighted by molar-refractivity contribution is 9.10. The molecule has 0 saturated carbocycles. The van der Waals surface area contributed by atoms with Gasteiger partial charge in [-0.05, 0) is 24.3 Å². The Morgan fingerprint density at radius 3 is 2.40 bits per heavy atom. The van der Waals surface area contributed by atoms with Crippen molar-refractivity contribution in [2.24, 2.45) is 5.10 Å². The van der Waals surface area contributed by atoms with E-state index in [0.29, 0.717) is 5.69 Å². The number of carbonyl (C=O) groups is 4. The predicted octanol–water partition coefficient (Wildman–Crippen LogP) is 1.23. The Labute approximate surface area is 151 Å². The Bertz CT molecular complexity index is 820. The summed E-state index contributed by atoms with van der Waals surface area (Å²) in [7, 11) is 1.18. The quantitative estimate of drug-likeness (QED) is 0.542. The summed E-state index contributed by atoms with van der Waals surface area (Å²) >= 11 is 3.29. The third-order valence-electron chi connectivity index (χ3n) is 4.18. The lowest BCUT2D eigenvalue weighted by atomic mass is 9.91. The van der Waals surface area contributed by atoms with E-state index in [2.05, 4.69) is 25.8 Å². The summed E-state index contributed by atoms with van der Waals surface area (Å²) in [5.41, 5.74) is -1.18. The van der Waals surface area contributed by atoms with Gasteiger partial charge < -0.3 is 4.74 Å². The summed E-state index contributed by atoms with van der Waals surface area (Å²) in [6.45, 7) is 1.23. The average Bonchev–Trinajstić information content (AvgIpc) is 3.07. The van der Waals surface area contributed by atoms with Crippen LogP contribution in [0.4, 0.5) is 5.69 Å². The molecule has 8 nitrogen and oxygen atoms in total. The third kappa shape index (κ3) is 2.64. The van der Waals surface area contributed by atoms with Gasteiger partial charge >= 0.3 is 5.97 Å². The van der Waals surface area contributed by atoms with E-state index in [0.717, 1.165) is 14.4 Å². The molecule has 9 heteroatoms. The van der Waals surface area contributed by atoms with Crippen molar-refractivity contribution < 1.29 is 23.9 Å². The normalized spacial score (nSPS) is 22.6. The molecule has 2 heterocycles. The van der Waals surface area contributed by atoms with Crippen LogP contribution in [-0.2, 0) is 23.9 Å². The van der Waals surface area contributed by atoms with Gasteiger partial charge in [0.1, 0.15) is 5.71 Å². The smallest absolute Gasteiger partial charge is 0.354 e. The standard InChI is InChI=1S/C16H14BrN3O5/c1-9(21)20-16(7-12(18-20)14(23)25-2)8-13(22)19(15(16)24)11-5-3-10(17)4-6-11/h3-6H,7-8H2,1-2H3. The molecule has 1 saturated heterocycles. The van der Waals surface area contributed by atoms with Crippen LogP contribution in [0.15, 0.2) is 33.8 Å². The molecule has 0 N–H and O–H groups in total. The number of benzene rings is 1. The molecule has 0 radical (unpaired) electrons. The first-order chi connectivity index (χ1) is 11.8. The lowest BCUT2D eigenvalue weighted by molar-refractivity contribution is -0.141. The zero-order valence-corrected chi connectivity index (χ0v) is 15.1. The Balaban J connectivity index is 2.01. The molecule has 1 atom stereocenters. The van der Waals surface area contributed by atoms with Crippen LogP contribution in [-0.4, -0.2) is 47.1 Å². The van der Waals surface area contributed by atoms with Crippen molar-refractivity contribution in [1.82, 2.24) is 5.01 Å². The van der Waals surface area contributed by atoms with Crippen molar-refractivity contribution in [3.05, 3.63) is 28.7 Å². The minimum Gasteiger partial charge on any atom is -0.464 e. The van der Waals surface area contributed by atoms with Gasteiger partial charge in [-0.25, -0.2) is 14.7 Å². The van der Waals surface area contributed by atoms with Crippen molar-refractivity contribution in [3.63, 3.8) is 0 Å². The number of amides is 3. The molecule has 2 aliphatic rings. The highest BCUT2D eigenvalue weighted by Crippen LogP contribution is 2.40. The molecular weight excluding hydrogens is 394 g/mol. The van der Waals surface area contributed by atoms with E-state index in [4.69, 9.17) is 0 Å². The van der Waals surface area contributed by atoms with E-state index in [-0.39, 0.29) is 18.6 Å². The maximum atomic E-state index is 13.1. The van der Waals surface area contributed by atoms with Gasteiger partial charge in [-0.1, -0.05) is 15.9 Å². The number of halogens is 1. The second-order valence-corrected chi connectivity index (χ2v) is 6.68. The summed E-state index contributed by atoms with van der Waals surface area (Å²) in [5.74, 6) is -2.30. The van der Waals surface area contributed by atoms with Crippen LogP contribution >= 0.6 is 15.9 Å². The zero-order valence-electron chi connectivity index (χ0n) is 13.5. The molecule has 0 bridgehead atoms. The van der Waals surface area contributed by atoms with E-state index in [1.54, 1.807) is 24.3 Å². The van der Waals surface area contributed by atoms with Gasteiger partial charge in [0.25, 0.3) is 5.91 Å². The maximum absolute atomic E-state index is 13.1. The number of hydrogen-bond acceptors (Lipinski definition) is 6. The highest BCUT2D eigenvalue weighted by Gasteiger charge is 2.61. The van der Waals surface area contributed by atoms with Crippen molar-refractivity contribution in [1.29, 1.82) is 0 Å². The molecule has 25 heavy (non-hydrogen) atoms. The Kier molecular flexibility index (Phi) is 4.19. The Morgan fingerprint density at radius 1 is 1.20 bits per heavy atom. The average molecular weight is 408 g/mol. The van der Waals surface area contributed by atoms with Gasteiger partial charge in [-0.3, -0.25) is 14.4 Å². The van der Waals surface area contributed by atoms with Crippen LogP contribution in [0.5, 0.6) is 0 Å². The monoisotopic (exact) mass is 407 g/mol. The highest BCUT2D eigenvalue weighted by atomic mass is 79.9. The van der Waals surface area contributed by atoms with Crippen molar-refractivity contribution >= 4 is 51.0 Å². The van der Waals surface area contributed by atoms with Gasteiger partial charge in [0.05, 0.1) is 19.2 Å². The predicted molar refractivity (Wildman–Crippen MR) is 90.6 cm³/mol. The van der Waals surface area contributed by atoms with E-state index < -0.39 is 29.2 Å². The van der Waals surface area contributed by atoms with Crippen LogP contribution in [0.2, 0.25) is 0 Å². The summed E-state index contributed by atoms with van der Waals surface area (Å²) in [5, 5.41) is 4.87. The fraction of sp³-hybridized carbons (Fsp3) is 0.312. The largest absolute Gasteiger partial charge is 0.464 e. The summed E-state index contributed by atoms with van der Waals surface area (Å²) < 4.78 is 5.43. The molecule has 1 aromatic carbocycles. The molecule has 0 aliphatic carbocycles. The molecular formula is C16H14BrN3O5. The zero-order chi connectivity index (χ0) is 18.4. The number of esters is 1. The van der Waals surface area contributed by atoms with Crippen LogP contribution in [0.1, 0.15) is 19.8 Å². The first-order valence-corrected chi connectivity index (χ1v) is 8.19. The van der Waals surface area contributed by atoms with Crippen molar-refractivity contribution in [2.75, 3.05) is 12.0 Å². The van der Waals surface area contributed by atoms with E-state index in [1.165, 1.54) is 14.0 Å². The van der Waals surface area contributed by atoms with Crippen LogP contribution in [0.25, 0.3) is 0 Å². The van der Waals surface area contributed by atoms with Gasteiger partial charge in [0, 0.05) is 17.8 Å². The van der Waals surface area contributed by atoms with Crippen molar-refractivity contribution in [2.45, 2.75) is 25.3 Å². The van der Waals surface area contributed by atoms with Gasteiger partial charge in [-0.15, -0.1) is 0 Å². The summed E-state index contributed by atoms with van der Waals surface area (Å²) in [6, 6.07) is 6.64. The molecule has 0 aromatic heterocycles. The van der Waals surface area contributed by atoms with Crippen molar-refractivity contribution in [3.8, 4) is 0 Å². The summed E-state index contributed by atoms with van der Waals surface area (Å²) in [4.78, 5) is 50.4. The maximum Gasteiger partial charge on any atom is 0.354 e. The SMILES string of the molecule is COC(=O)C1=NN(C(C)=O)C2(CC(=O)N(c3ccc(Br)cc3)C2=O)C1. The Hall–Kier alpha value is -2.55. The second-order valence-electron chi connectivity index (χ2n) is 5.76. The molecule has 1 unspecified atom stereocenters. The van der Waals surface area contributed by atoms with E-state index in [1.807, 2.05) is 0 Å². The fourth-order valence-corrected chi connectivity index (χ4v) is 3.35. The van der Waals surface area contributed by atoms with E-state index in [9.17, 15) is 19.2 Å². The van der Waals surface area contributed by atoms with E-state index >= 15 is 0 Å². The molecule has 3 rings (SSSR count). The second kappa shape index (κ2) is 6.07. The number of ether oxygens (including phenoxy) is 1. The number of anilines is 1. The minimum atomic E-state index is -1.51. The molecule has 2 aliphatic heterocycles. The van der Waals surface area contributed by atoms with Gasteiger partial charge in [-0.2, -0.15) is 5.10 Å². The number of rotatable bonds is 2. The molecule has 1 aromatic rings. The lowest BCUT2D eigenvalue weighted by Gasteiger charge is -2.28. The Morgan fingerprint density at radius 2 is 1.84 bits per heavy atom. The first-order valence-electron chi connectivity index (χ1n) is 7.40. The van der Waals surface area contributed by atoms with Crippen LogP contribution < -0.4 is 4.90 Å². The summed E-state index contributed by atoms with van der Waals surface area (Å²) in [6.07, 6.45) is -0.400. The molecule has 1 spiro atoms. The number of carbonyl (C=O) groups excluding carboxylic acids is 4. The third-order valence-corrected chi connectivity index (χ3v) is 4.71. The number of hydrogen-bond donors (Lipinski definition) is 0. The molecule has 1 fully saturated rings. The topological polar surface area (TPSA) is 96.3 Å². The fourth-order valence-electron chi connectivity index (χ4n) is 3.09. The number of hydrazone groups is 1. The van der Waals surface area contributed by atoms with Gasteiger partial charge in [0.15, 0.2) is 5.54 Å². The minimum absolute atomic E-state index is 0.0588. The van der Waals surface area contributed by atoms with Crippen LogP contribution in [0.3, 0.4) is 0 Å². The number of nitrogens with zero attached hydrogens (tertiary/aromatic N) is 3.